The third kappa shape index (κ3) is 4.20. The molecule has 1 aliphatic rings. The number of carbonyl (C=O) groups is 1. The summed E-state index contributed by atoms with van der Waals surface area (Å²) in [5.74, 6) is 0.460. The number of carbonyl (C=O) groups excluding carboxylic acids is 1. The Kier molecular flexibility index (Phi) is 4.27. The summed E-state index contributed by atoms with van der Waals surface area (Å²) in [6.45, 7) is 5.63. The summed E-state index contributed by atoms with van der Waals surface area (Å²) in [5.41, 5.74) is 1.58. The number of hydrogen-bond donors (Lipinski definition) is 1. The molecular weight excluding hydrogens is 290 g/mol. The third-order valence-electron chi connectivity index (χ3n) is 3.79. The minimum Gasteiger partial charge on any atom is -0.484 e. The molecule has 0 spiro atoms. The molecule has 1 atom stereocenters. The fraction of sp³-hybridized carbons (Fsp3) is 0.533. The van der Waals surface area contributed by atoms with Crippen molar-refractivity contribution in [1.82, 2.24) is 5.32 Å². The van der Waals surface area contributed by atoms with E-state index < -0.39 is 15.4 Å². The molecule has 1 amide bonds. The van der Waals surface area contributed by atoms with E-state index in [9.17, 15) is 13.2 Å². The lowest BCUT2D eigenvalue weighted by molar-refractivity contribution is -0.124. The summed E-state index contributed by atoms with van der Waals surface area (Å²) in [6, 6.07) is 5.63. The first-order chi connectivity index (χ1) is 9.69. The van der Waals surface area contributed by atoms with Crippen molar-refractivity contribution in [3.63, 3.8) is 0 Å². The van der Waals surface area contributed by atoms with E-state index in [1.807, 2.05) is 32.0 Å². The zero-order valence-electron chi connectivity index (χ0n) is 12.6. The lowest BCUT2D eigenvalue weighted by Gasteiger charge is -2.23. The lowest BCUT2D eigenvalue weighted by Crippen LogP contribution is -2.48. The van der Waals surface area contributed by atoms with E-state index in [0.29, 0.717) is 12.2 Å². The maximum Gasteiger partial charge on any atom is 0.258 e. The van der Waals surface area contributed by atoms with Crippen LogP contribution in [0.2, 0.25) is 0 Å². The highest BCUT2D eigenvalue weighted by Crippen LogP contribution is 2.22. The van der Waals surface area contributed by atoms with Gasteiger partial charge in [0.25, 0.3) is 5.91 Å². The van der Waals surface area contributed by atoms with E-state index in [0.717, 1.165) is 11.1 Å². The minimum absolute atomic E-state index is 0.00458. The normalized spacial score (nSPS) is 23.8. The Morgan fingerprint density at radius 2 is 2.05 bits per heavy atom. The van der Waals surface area contributed by atoms with Gasteiger partial charge in [-0.1, -0.05) is 6.07 Å². The van der Waals surface area contributed by atoms with Crippen molar-refractivity contribution in [2.75, 3.05) is 18.1 Å². The number of hydrogen-bond acceptors (Lipinski definition) is 4. The molecule has 1 aliphatic heterocycles. The van der Waals surface area contributed by atoms with Crippen LogP contribution in [0.5, 0.6) is 5.75 Å². The van der Waals surface area contributed by atoms with Crippen LogP contribution in [0.3, 0.4) is 0 Å². The van der Waals surface area contributed by atoms with Gasteiger partial charge in [-0.05, 0) is 50.5 Å². The molecule has 0 saturated carbocycles. The summed E-state index contributed by atoms with van der Waals surface area (Å²) in [6.07, 6.45) is 0.449. The molecule has 5 nitrogen and oxygen atoms in total. The maximum absolute atomic E-state index is 11.9. The second kappa shape index (κ2) is 5.67. The van der Waals surface area contributed by atoms with Crippen LogP contribution < -0.4 is 10.1 Å². The standard InChI is InChI=1S/C15H21NO4S/c1-11-4-5-13(8-12(11)2)20-9-14(17)16-15(3)6-7-21(18,19)10-15/h4-5,8H,6-7,9-10H2,1-3H3,(H,16,17)/t15-/m1/s1. The van der Waals surface area contributed by atoms with E-state index in [1.54, 1.807) is 6.92 Å². The molecule has 1 N–H and O–H groups in total. The lowest BCUT2D eigenvalue weighted by atomic mass is 10.0. The molecule has 0 aliphatic carbocycles. The summed E-state index contributed by atoms with van der Waals surface area (Å²) >= 11 is 0. The largest absolute Gasteiger partial charge is 0.484 e. The SMILES string of the molecule is Cc1ccc(OCC(=O)N[C@]2(C)CCS(=O)(=O)C2)cc1C. The first-order valence-electron chi connectivity index (χ1n) is 6.91. The molecule has 21 heavy (non-hydrogen) atoms. The Morgan fingerprint density at radius 1 is 1.33 bits per heavy atom. The highest BCUT2D eigenvalue weighted by Gasteiger charge is 2.39. The van der Waals surface area contributed by atoms with Crippen molar-refractivity contribution in [2.24, 2.45) is 0 Å². The Labute approximate surface area is 125 Å². The zero-order valence-corrected chi connectivity index (χ0v) is 13.4. The molecule has 6 heteroatoms. The van der Waals surface area contributed by atoms with Crippen molar-refractivity contribution in [2.45, 2.75) is 32.7 Å². The van der Waals surface area contributed by atoms with Crippen molar-refractivity contribution < 1.29 is 17.9 Å². The Bertz CT molecular complexity index is 654. The topological polar surface area (TPSA) is 72.5 Å². The quantitative estimate of drug-likeness (QED) is 0.911. The summed E-state index contributed by atoms with van der Waals surface area (Å²) in [7, 11) is -3.03. The predicted octanol–water partition coefficient (Wildman–Crippen LogP) is 1.38. The average Bonchev–Trinajstić information content (AvgIpc) is 2.65. The Balaban J connectivity index is 1.89. The van der Waals surface area contributed by atoms with Crippen LogP contribution >= 0.6 is 0 Å². The molecule has 0 aromatic heterocycles. The van der Waals surface area contributed by atoms with Gasteiger partial charge in [-0.15, -0.1) is 0 Å². The molecule has 0 radical (unpaired) electrons. The number of sulfone groups is 1. The van der Waals surface area contributed by atoms with Crippen LogP contribution in [-0.4, -0.2) is 38.0 Å². The third-order valence-corrected chi connectivity index (χ3v) is 5.70. The van der Waals surface area contributed by atoms with Gasteiger partial charge in [-0.25, -0.2) is 8.42 Å². The van der Waals surface area contributed by atoms with E-state index in [1.165, 1.54) is 0 Å². The molecule has 1 heterocycles. The second-order valence-corrected chi connectivity index (χ2v) is 8.17. The molecular formula is C15H21NO4S. The molecule has 0 bridgehead atoms. The molecule has 1 aromatic carbocycles. The molecule has 1 fully saturated rings. The van der Waals surface area contributed by atoms with Crippen LogP contribution in [0.15, 0.2) is 18.2 Å². The molecule has 1 saturated heterocycles. The van der Waals surface area contributed by atoms with Gasteiger partial charge in [0.1, 0.15) is 5.75 Å². The number of benzene rings is 1. The number of rotatable bonds is 4. The fourth-order valence-electron chi connectivity index (χ4n) is 2.43. The highest BCUT2D eigenvalue weighted by molar-refractivity contribution is 7.91. The van der Waals surface area contributed by atoms with E-state index in [2.05, 4.69) is 5.32 Å². The fourth-order valence-corrected chi connectivity index (χ4v) is 4.53. The molecule has 116 valence electrons. The van der Waals surface area contributed by atoms with Gasteiger partial charge in [-0.2, -0.15) is 0 Å². The molecule has 0 unspecified atom stereocenters. The van der Waals surface area contributed by atoms with Crippen LogP contribution in [-0.2, 0) is 14.6 Å². The summed E-state index contributed by atoms with van der Waals surface area (Å²) in [5, 5.41) is 2.76. The summed E-state index contributed by atoms with van der Waals surface area (Å²) in [4.78, 5) is 11.9. The number of ether oxygens (including phenoxy) is 1. The van der Waals surface area contributed by atoms with E-state index >= 15 is 0 Å². The zero-order chi connectivity index (χ0) is 15.7. The molecule has 2 rings (SSSR count). The number of amides is 1. The Morgan fingerprint density at radius 3 is 2.62 bits per heavy atom. The molecule has 1 aromatic rings. The highest BCUT2D eigenvalue weighted by atomic mass is 32.2. The predicted molar refractivity (Wildman–Crippen MR) is 81.2 cm³/mol. The van der Waals surface area contributed by atoms with Crippen molar-refractivity contribution >= 4 is 15.7 Å². The van der Waals surface area contributed by atoms with Gasteiger partial charge in [0.15, 0.2) is 16.4 Å². The van der Waals surface area contributed by atoms with Crippen LogP contribution in [0.25, 0.3) is 0 Å². The Hall–Kier alpha value is -1.56. The van der Waals surface area contributed by atoms with Crippen molar-refractivity contribution in [1.29, 1.82) is 0 Å². The van der Waals surface area contributed by atoms with Gasteiger partial charge in [0, 0.05) is 0 Å². The summed E-state index contributed by atoms with van der Waals surface area (Å²) < 4.78 is 28.4. The van der Waals surface area contributed by atoms with E-state index in [4.69, 9.17) is 4.74 Å². The van der Waals surface area contributed by atoms with Gasteiger partial charge in [0.05, 0.1) is 17.0 Å². The smallest absolute Gasteiger partial charge is 0.258 e. The van der Waals surface area contributed by atoms with Crippen LogP contribution in [0, 0.1) is 13.8 Å². The van der Waals surface area contributed by atoms with Crippen molar-refractivity contribution in [3.05, 3.63) is 29.3 Å². The maximum atomic E-state index is 11.9. The van der Waals surface area contributed by atoms with Crippen LogP contribution in [0.1, 0.15) is 24.5 Å². The van der Waals surface area contributed by atoms with Gasteiger partial charge in [-0.3, -0.25) is 4.79 Å². The number of aryl methyl sites for hydroxylation is 2. The van der Waals surface area contributed by atoms with E-state index in [-0.39, 0.29) is 24.0 Å². The first-order valence-corrected chi connectivity index (χ1v) is 8.73. The number of nitrogens with one attached hydrogen (secondary N) is 1. The van der Waals surface area contributed by atoms with Crippen molar-refractivity contribution in [3.8, 4) is 5.75 Å². The second-order valence-electron chi connectivity index (χ2n) is 5.99. The van der Waals surface area contributed by atoms with Gasteiger partial charge >= 0.3 is 0 Å². The van der Waals surface area contributed by atoms with Gasteiger partial charge in [0.2, 0.25) is 0 Å². The first kappa shape index (κ1) is 15.8. The average molecular weight is 311 g/mol. The van der Waals surface area contributed by atoms with Crippen LogP contribution in [0.4, 0.5) is 0 Å². The monoisotopic (exact) mass is 311 g/mol. The van der Waals surface area contributed by atoms with Gasteiger partial charge < -0.3 is 10.1 Å². The minimum atomic E-state index is -3.03.